The lowest BCUT2D eigenvalue weighted by molar-refractivity contribution is 0.171. The van der Waals surface area contributed by atoms with Gasteiger partial charge in [0.25, 0.3) is 0 Å². The molecule has 0 spiro atoms. The third-order valence-corrected chi connectivity index (χ3v) is 5.35. The standard InChI is InChI=1S/C14H21NO4S/c1-4-5-6-15(3)20(16,17)14-10-13-12(9-11(14)2)18-7-8-19-13/h9-10H,4-8H2,1-3H3. The number of sulfonamides is 1. The Balaban J connectivity index is 2.36. The molecule has 2 rings (SSSR count). The SMILES string of the molecule is CCCCN(C)S(=O)(=O)c1cc2c(cc1C)OCCO2. The third-order valence-electron chi connectivity index (χ3n) is 3.35. The van der Waals surface area contributed by atoms with Gasteiger partial charge < -0.3 is 9.47 Å². The summed E-state index contributed by atoms with van der Waals surface area (Å²) in [6.45, 7) is 5.28. The summed E-state index contributed by atoms with van der Waals surface area (Å²) in [6, 6.07) is 3.30. The summed E-state index contributed by atoms with van der Waals surface area (Å²) in [5.41, 5.74) is 0.678. The fourth-order valence-electron chi connectivity index (χ4n) is 2.12. The summed E-state index contributed by atoms with van der Waals surface area (Å²) in [7, 11) is -1.87. The molecule has 1 aliphatic rings. The van der Waals surface area contributed by atoms with Crippen LogP contribution in [0.2, 0.25) is 0 Å². The highest BCUT2D eigenvalue weighted by Crippen LogP contribution is 2.35. The number of hydrogen-bond donors (Lipinski definition) is 0. The van der Waals surface area contributed by atoms with Crippen LogP contribution in [0.1, 0.15) is 25.3 Å². The van der Waals surface area contributed by atoms with E-state index in [2.05, 4.69) is 0 Å². The number of ether oxygens (including phenoxy) is 2. The van der Waals surface area contributed by atoms with Crippen molar-refractivity contribution < 1.29 is 17.9 Å². The minimum atomic E-state index is -3.48. The Morgan fingerprint density at radius 1 is 1.20 bits per heavy atom. The molecule has 5 nitrogen and oxygen atoms in total. The Bertz CT molecular complexity index is 583. The van der Waals surface area contributed by atoms with Gasteiger partial charge in [-0.25, -0.2) is 12.7 Å². The van der Waals surface area contributed by atoms with Crippen molar-refractivity contribution in [1.29, 1.82) is 0 Å². The molecule has 0 amide bonds. The van der Waals surface area contributed by atoms with Crippen molar-refractivity contribution in [1.82, 2.24) is 4.31 Å². The molecule has 0 unspecified atom stereocenters. The fraction of sp³-hybridized carbons (Fsp3) is 0.571. The van der Waals surface area contributed by atoms with E-state index in [1.54, 1.807) is 26.1 Å². The molecular weight excluding hydrogens is 278 g/mol. The predicted molar refractivity (Wildman–Crippen MR) is 76.9 cm³/mol. The monoisotopic (exact) mass is 299 g/mol. The van der Waals surface area contributed by atoms with Crippen LogP contribution in [0.15, 0.2) is 17.0 Å². The average molecular weight is 299 g/mol. The fourth-order valence-corrected chi connectivity index (χ4v) is 3.55. The van der Waals surface area contributed by atoms with Gasteiger partial charge in [0, 0.05) is 19.7 Å². The van der Waals surface area contributed by atoms with Crippen LogP contribution in [0.5, 0.6) is 11.5 Å². The zero-order valence-electron chi connectivity index (χ0n) is 12.2. The lowest BCUT2D eigenvalue weighted by atomic mass is 10.2. The number of hydrogen-bond acceptors (Lipinski definition) is 4. The van der Waals surface area contributed by atoms with E-state index in [4.69, 9.17) is 9.47 Å². The molecule has 0 fully saturated rings. The van der Waals surface area contributed by atoms with Crippen molar-refractivity contribution in [3.8, 4) is 11.5 Å². The Hall–Kier alpha value is -1.27. The van der Waals surface area contributed by atoms with Crippen LogP contribution < -0.4 is 9.47 Å². The summed E-state index contributed by atoms with van der Waals surface area (Å²) < 4.78 is 37.5. The maximum absolute atomic E-state index is 12.6. The molecule has 0 aliphatic carbocycles. The topological polar surface area (TPSA) is 55.8 Å². The Kier molecular flexibility index (Phi) is 4.55. The first kappa shape index (κ1) is 15.1. The van der Waals surface area contributed by atoms with Gasteiger partial charge in [0.1, 0.15) is 13.2 Å². The van der Waals surface area contributed by atoms with E-state index in [1.165, 1.54) is 4.31 Å². The Morgan fingerprint density at radius 2 is 1.80 bits per heavy atom. The summed E-state index contributed by atoms with van der Waals surface area (Å²) >= 11 is 0. The number of fused-ring (bicyclic) bond motifs is 1. The quantitative estimate of drug-likeness (QED) is 0.836. The Labute approximate surface area is 120 Å². The average Bonchev–Trinajstić information content (AvgIpc) is 2.43. The second-order valence-corrected chi connectivity index (χ2v) is 6.95. The first-order valence-corrected chi connectivity index (χ1v) is 8.27. The third kappa shape index (κ3) is 2.91. The Morgan fingerprint density at radius 3 is 2.40 bits per heavy atom. The van der Waals surface area contributed by atoms with E-state index in [0.717, 1.165) is 12.8 Å². The van der Waals surface area contributed by atoms with E-state index in [1.807, 2.05) is 6.92 Å². The van der Waals surface area contributed by atoms with Gasteiger partial charge in [-0.3, -0.25) is 0 Å². The van der Waals surface area contributed by atoms with Gasteiger partial charge in [-0.15, -0.1) is 0 Å². The molecule has 112 valence electrons. The summed E-state index contributed by atoms with van der Waals surface area (Å²) in [6.07, 6.45) is 1.80. The smallest absolute Gasteiger partial charge is 0.243 e. The molecule has 0 radical (unpaired) electrons. The van der Waals surface area contributed by atoms with Crippen molar-refractivity contribution >= 4 is 10.0 Å². The van der Waals surface area contributed by atoms with E-state index in [9.17, 15) is 8.42 Å². The maximum atomic E-state index is 12.6. The van der Waals surface area contributed by atoms with Crippen LogP contribution in [-0.4, -0.2) is 39.5 Å². The largest absolute Gasteiger partial charge is 0.486 e. The van der Waals surface area contributed by atoms with Crippen LogP contribution in [-0.2, 0) is 10.0 Å². The molecule has 0 saturated carbocycles. The summed E-state index contributed by atoms with van der Waals surface area (Å²) in [4.78, 5) is 0.292. The number of benzene rings is 1. The van der Waals surface area contributed by atoms with E-state index >= 15 is 0 Å². The predicted octanol–water partition coefficient (Wildman–Crippen LogP) is 2.19. The number of nitrogens with zero attached hydrogens (tertiary/aromatic N) is 1. The molecule has 1 aromatic rings. The molecule has 0 bridgehead atoms. The molecule has 1 aromatic carbocycles. The van der Waals surface area contributed by atoms with Crippen LogP contribution in [0.4, 0.5) is 0 Å². The lowest BCUT2D eigenvalue weighted by Gasteiger charge is -2.22. The van der Waals surface area contributed by atoms with E-state index in [0.29, 0.717) is 41.7 Å². The molecule has 0 N–H and O–H groups in total. The van der Waals surface area contributed by atoms with Gasteiger partial charge in [0.15, 0.2) is 11.5 Å². The summed E-state index contributed by atoms with van der Waals surface area (Å²) in [5.74, 6) is 1.12. The molecule has 0 saturated heterocycles. The molecule has 1 aliphatic heterocycles. The van der Waals surface area contributed by atoms with E-state index in [-0.39, 0.29) is 0 Å². The minimum absolute atomic E-state index is 0.292. The minimum Gasteiger partial charge on any atom is -0.486 e. The van der Waals surface area contributed by atoms with Crippen molar-refractivity contribution in [2.75, 3.05) is 26.8 Å². The highest BCUT2D eigenvalue weighted by atomic mass is 32.2. The van der Waals surface area contributed by atoms with Crippen molar-refractivity contribution in [3.63, 3.8) is 0 Å². The highest BCUT2D eigenvalue weighted by molar-refractivity contribution is 7.89. The van der Waals surface area contributed by atoms with Crippen LogP contribution in [0.3, 0.4) is 0 Å². The second kappa shape index (κ2) is 6.01. The van der Waals surface area contributed by atoms with Crippen LogP contribution in [0.25, 0.3) is 0 Å². The van der Waals surface area contributed by atoms with Crippen molar-refractivity contribution in [2.45, 2.75) is 31.6 Å². The zero-order chi connectivity index (χ0) is 14.8. The number of rotatable bonds is 5. The van der Waals surface area contributed by atoms with Gasteiger partial charge in [-0.2, -0.15) is 0 Å². The normalized spacial score (nSPS) is 14.6. The lowest BCUT2D eigenvalue weighted by Crippen LogP contribution is -2.28. The van der Waals surface area contributed by atoms with Gasteiger partial charge >= 0.3 is 0 Å². The van der Waals surface area contributed by atoms with Gasteiger partial charge in [-0.05, 0) is 25.0 Å². The second-order valence-electron chi connectivity index (χ2n) is 4.94. The molecule has 6 heteroatoms. The van der Waals surface area contributed by atoms with Gasteiger partial charge in [0.05, 0.1) is 4.90 Å². The van der Waals surface area contributed by atoms with E-state index < -0.39 is 10.0 Å². The molecule has 1 heterocycles. The molecular formula is C14H21NO4S. The first-order chi connectivity index (χ1) is 9.46. The van der Waals surface area contributed by atoms with Gasteiger partial charge in [0.2, 0.25) is 10.0 Å². The summed E-state index contributed by atoms with van der Waals surface area (Å²) in [5, 5.41) is 0. The zero-order valence-corrected chi connectivity index (χ0v) is 13.0. The molecule has 20 heavy (non-hydrogen) atoms. The van der Waals surface area contributed by atoms with Crippen LogP contribution in [0, 0.1) is 6.92 Å². The number of unbranched alkanes of at least 4 members (excludes halogenated alkanes) is 1. The van der Waals surface area contributed by atoms with Crippen LogP contribution >= 0.6 is 0 Å². The first-order valence-electron chi connectivity index (χ1n) is 6.83. The maximum Gasteiger partial charge on any atom is 0.243 e. The number of aryl methyl sites for hydroxylation is 1. The van der Waals surface area contributed by atoms with Gasteiger partial charge in [-0.1, -0.05) is 13.3 Å². The van der Waals surface area contributed by atoms with Crippen molar-refractivity contribution in [2.24, 2.45) is 0 Å². The highest BCUT2D eigenvalue weighted by Gasteiger charge is 2.25. The molecule has 0 atom stereocenters. The molecule has 0 aromatic heterocycles. The van der Waals surface area contributed by atoms with Crippen molar-refractivity contribution in [3.05, 3.63) is 17.7 Å².